The maximum atomic E-state index is 11.9. The minimum atomic E-state index is -0.489. The van der Waals surface area contributed by atoms with E-state index < -0.39 is 4.92 Å². The maximum absolute atomic E-state index is 11.9. The molecule has 7 nitrogen and oxygen atoms in total. The monoisotopic (exact) mass is 377 g/mol. The molecule has 0 saturated carbocycles. The molecule has 0 spiro atoms. The number of hydrogen-bond acceptors (Lipinski definition) is 5. The van der Waals surface area contributed by atoms with Crippen LogP contribution in [0.5, 0.6) is 5.75 Å². The topological polar surface area (TPSA) is 93.8 Å². The van der Waals surface area contributed by atoms with Crippen LogP contribution in [0.3, 0.4) is 0 Å². The molecule has 0 aliphatic rings. The SMILES string of the molecule is COc1ccc(C(=O)N/N=C\c2ccc([N+](=O)[O-])cc2Br)cc1. The number of nitro benzene ring substituents is 1. The van der Waals surface area contributed by atoms with Gasteiger partial charge in [-0.15, -0.1) is 0 Å². The van der Waals surface area contributed by atoms with Crippen LogP contribution in [-0.2, 0) is 0 Å². The van der Waals surface area contributed by atoms with Crippen LogP contribution in [0, 0.1) is 10.1 Å². The molecule has 0 aliphatic carbocycles. The molecule has 0 saturated heterocycles. The van der Waals surface area contributed by atoms with Gasteiger partial charge in [0.25, 0.3) is 11.6 Å². The van der Waals surface area contributed by atoms with Crippen molar-refractivity contribution in [1.82, 2.24) is 5.43 Å². The molecule has 0 fully saturated rings. The largest absolute Gasteiger partial charge is 0.497 e. The Kier molecular flexibility index (Phi) is 5.42. The lowest BCUT2D eigenvalue weighted by molar-refractivity contribution is -0.384. The Morgan fingerprint density at radius 3 is 2.57 bits per heavy atom. The van der Waals surface area contributed by atoms with Crippen molar-refractivity contribution in [3.05, 3.63) is 68.2 Å². The summed E-state index contributed by atoms with van der Waals surface area (Å²) in [6.07, 6.45) is 1.40. The summed E-state index contributed by atoms with van der Waals surface area (Å²) < 4.78 is 5.52. The van der Waals surface area contributed by atoms with Gasteiger partial charge in [0.2, 0.25) is 0 Å². The molecule has 1 N–H and O–H groups in total. The van der Waals surface area contributed by atoms with Crippen molar-refractivity contribution in [3.63, 3.8) is 0 Å². The standard InChI is InChI=1S/C15H12BrN3O4/c1-23-13-6-3-10(4-7-13)15(20)18-17-9-11-2-5-12(19(21)22)8-14(11)16/h2-9H,1H3,(H,18,20)/b17-9-. The highest BCUT2D eigenvalue weighted by atomic mass is 79.9. The Morgan fingerprint density at radius 2 is 2.00 bits per heavy atom. The van der Waals surface area contributed by atoms with E-state index in [1.807, 2.05) is 0 Å². The molecule has 2 rings (SSSR count). The van der Waals surface area contributed by atoms with Gasteiger partial charge in [0.15, 0.2) is 0 Å². The highest BCUT2D eigenvalue weighted by Gasteiger charge is 2.08. The predicted molar refractivity (Wildman–Crippen MR) is 88.9 cm³/mol. The molecule has 0 bridgehead atoms. The van der Waals surface area contributed by atoms with Crippen LogP contribution in [0.15, 0.2) is 52.0 Å². The van der Waals surface area contributed by atoms with E-state index in [1.165, 1.54) is 24.4 Å². The van der Waals surface area contributed by atoms with Gasteiger partial charge in [-0.2, -0.15) is 5.10 Å². The predicted octanol–water partition coefficient (Wildman–Crippen LogP) is 3.13. The van der Waals surface area contributed by atoms with E-state index in [0.717, 1.165) is 0 Å². The van der Waals surface area contributed by atoms with Gasteiger partial charge in [-0.1, -0.05) is 0 Å². The molecule has 0 atom stereocenters. The van der Waals surface area contributed by atoms with Gasteiger partial charge in [-0.3, -0.25) is 14.9 Å². The summed E-state index contributed by atoms with van der Waals surface area (Å²) in [6, 6.07) is 10.8. The first-order valence-corrected chi connectivity index (χ1v) is 7.22. The number of hydrogen-bond donors (Lipinski definition) is 1. The molecule has 0 aromatic heterocycles. The molecule has 1 amide bonds. The van der Waals surface area contributed by atoms with Crippen LogP contribution >= 0.6 is 15.9 Å². The average molecular weight is 378 g/mol. The highest BCUT2D eigenvalue weighted by molar-refractivity contribution is 9.10. The Bertz CT molecular complexity index is 760. The van der Waals surface area contributed by atoms with Gasteiger partial charge in [0, 0.05) is 27.7 Å². The summed E-state index contributed by atoms with van der Waals surface area (Å²) >= 11 is 3.22. The minimum Gasteiger partial charge on any atom is -0.497 e. The lowest BCUT2D eigenvalue weighted by Gasteiger charge is -2.02. The first-order valence-electron chi connectivity index (χ1n) is 6.42. The van der Waals surface area contributed by atoms with Crippen molar-refractivity contribution in [3.8, 4) is 5.75 Å². The number of halogens is 1. The molecule has 2 aromatic rings. The third-order valence-corrected chi connectivity index (χ3v) is 3.60. The number of amides is 1. The van der Waals surface area contributed by atoms with Crippen LogP contribution in [0.1, 0.15) is 15.9 Å². The number of hydrazone groups is 1. The van der Waals surface area contributed by atoms with E-state index in [0.29, 0.717) is 21.3 Å². The first kappa shape index (κ1) is 16.6. The van der Waals surface area contributed by atoms with Crippen molar-refractivity contribution < 1.29 is 14.5 Å². The van der Waals surface area contributed by atoms with E-state index in [-0.39, 0.29) is 11.6 Å². The third-order valence-electron chi connectivity index (χ3n) is 2.92. The van der Waals surface area contributed by atoms with Gasteiger partial charge in [0.05, 0.1) is 18.2 Å². The van der Waals surface area contributed by atoms with Crippen LogP contribution in [0.4, 0.5) is 5.69 Å². The van der Waals surface area contributed by atoms with E-state index in [2.05, 4.69) is 26.5 Å². The van der Waals surface area contributed by atoms with Crippen LogP contribution in [0.25, 0.3) is 0 Å². The van der Waals surface area contributed by atoms with E-state index in [1.54, 1.807) is 31.4 Å². The molecule has 23 heavy (non-hydrogen) atoms. The smallest absolute Gasteiger partial charge is 0.271 e. The summed E-state index contributed by atoms with van der Waals surface area (Å²) in [5, 5.41) is 14.5. The van der Waals surface area contributed by atoms with E-state index in [9.17, 15) is 14.9 Å². The number of carbonyl (C=O) groups excluding carboxylic acids is 1. The molecule has 0 heterocycles. The molecular weight excluding hydrogens is 366 g/mol. The molecule has 0 radical (unpaired) electrons. The quantitative estimate of drug-likeness (QED) is 0.491. The summed E-state index contributed by atoms with van der Waals surface area (Å²) in [6.45, 7) is 0. The zero-order valence-corrected chi connectivity index (χ0v) is 13.6. The average Bonchev–Trinajstić information content (AvgIpc) is 2.56. The summed E-state index contributed by atoms with van der Waals surface area (Å²) in [5.74, 6) is 0.279. The van der Waals surface area contributed by atoms with Crippen molar-refractivity contribution in [2.45, 2.75) is 0 Å². The second kappa shape index (κ2) is 7.50. The Morgan fingerprint density at radius 1 is 1.30 bits per heavy atom. The van der Waals surface area contributed by atoms with Crippen molar-refractivity contribution >= 4 is 33.7 Å². The third kappa shape index (κ3) is 4.36. The summed E-state index contributed by atoms with van der Waals surface area (Å²) in [7, 11) is 1.54. The maximum Gasteiger partial charge on any atom is 0.271 e. The number of non-ortho nitro benzene ring substituents is 1. The fraction of sp³-hybridized carbons (Fsp3) is 0.0667. The number of nitrogens with one attached hydrogen (secondary N) is 1. The van der Waals surface area contributed by atoms with Gasteiger partial charge in [-0.05, 0) is 46.3 Å². The van der Waals surface area contributed by atoms with Crippen molar-refractivity contribution in [1.29, 1.82) is 0 Å². The van der Waals surface area contributed by atoms with Gasteiger partial charge in [-0.25, -0.2) is 5.43 Å². The number of nitro groups is 1. The van der Waals surface area contributed by atoms with E-state index in [4.69, 9.17) is 4.74 Å². The number of carbonyl (C=O) groups is 1. The van der Waals surface area contributed by atoms with E-state index >= 15 is 0 Å². The molecule has 118 valence electrons. The summed E-state index contributed by atoms with van der Waals surface area (Å²) in [5.41, 5.74) is 3.39. The lowest BCUT2D eigenvalue weighted by atomic mass is 10.2. The Labute approximate surface area is 140 Å². The normalized spacial score (nSPS) is 10.5. The van der Waals surface area contributed by atoms with Crippen LogP contribution in [-0.4, -0.2) is 24.2 Å². The lowest BCUT2D eigenvalue weighted by Crippen LogP contribution is -2.17. The van der Waals surface area contributed by atoms with Gasteiger partial charge >= 0.3 is 0 Å². The number of rotatable bonds is 5. The van der Waals surface area contributed by atoms with Crippen LogP contribution < -0.4 is 10.2 Å². The molecule has 0 aliphatic heterocycles. The second-order valence-electron chi connectivity index (χ2n) is 4.39. The fourth-order valence-electron chi connectivity index (χ4n) is 1.70. The first-order chi connectivity index (χ1) is 11.0. The summed E-state index contributed by atoms with van der Waals surface area (Å²) in [4.78, 5) is 22.1. The molecule has 0 unspecified atom stereocenters. The Balaban J connectivity index is 2.03. The molecule has 2 aromatic carbocycles. The second-order valence-corrected chi connectivity index (χ2v) is 5.24. The van der Waals surface area contributed by atoms with Crippen LogP contribution in [0.2, 0.25) is 0 Å². The van der Waals surface area contributed by atoms with Crippen molar-refractivity contribution in [2.24, 2.45) is 5.10 Å². The number of ether oxygens (including phenoxy) is 1. The Hall–Kier alpha value is -2.74. The fourth-order valence-corrected chi connectivity index (χ4v) is 2.17. The molecular formula is C15H12BrN3O4. The zero-order chi connectivity index (χ0) is 16.8. The van der Waals surface area contributed by atoms with Crippen molar-refractivity contribution in [2.75, 3.05) is 7.11 Å². The number of methoxy groups -OCH3 is 1. The highest BCUT2D eigenvalue weighted by Crippen LogP contribution is 2.21. The molecule has 8 heteroatoms. The minimum absolute atomic E-state index is 0.0312. The van der Waals surface area contributed by atoms with Gasteiger partial charge in [0.1, 0.15) is 5.75 Å². The van der Waals surface area contributed by atoms with Gasteiger partial charge < -0.3 is 4.74 Å². The number of benzene rings is 2. The zero-order valence-electron chi connectivity index (χ0n) is 12.0. The number of nitrogens with zero attached hydrogens (tertiary/aromatic N) is 2.